The molecule has 3 aromatic carbocycles. The first kappa shape index (κ1) is 26.1. The molecule has 0 unspecified atom stereocenters. The first-order chi connectivity index (χ1) is 20.7. The second kappa shape index (κ2) is 11.2. The van der Waals surface area contributed by atoms with Gasteiger partial charge in [-0.15, -0.1) is 0 Å². The second-order valence-corrected chi connectivity index (χ2v) is 10.6. The maximum Gasteiger partial charge on any atom is 0.257 e. The van der Waals surface area contributed by atoms with Gasteiger partial charge in [0.2, 0.25) is 0 Å². The van der Waals surface area contributed by atoms with Crippen molar-refractivity contribution in [2.24, 2.45) is 0 Å². The molecule has 212 valence electrons. The van der Waals surface area contributed by atoms with Crippen LogP contribution in [0.1, 0.15) is 22.8 Å². The Morgan fingerprint density at radius 2 is 1.76 bits per heavy atom. The quantitative estimate of drug-likeness (QED) is 0.237. The molecule has 1 fully saturated rings. The maximum absolute atomic E-state index is 13.2. The average Bonchev–Trinajstić information content (AvgIpc) is 3.35. The molecule has 2 aliphatic heterocycles. The smallest absolute Gasteiger partial charge is 0.257 e. The standard InChI is InChI=1S/C34H33N5O3/c1-2-38-22-29(27-11-13-35-21-33(27)38)24-4-9-28-31(20-24)36-30-10-3-23(19-32(30)37-34(28)40)12-16-42-26-7-5-25(6-8-26)39-14-17-41-18-15-39/h3-11,13,19-22,36H,2,12,14-18H2,1H3,(H,37,40). The van der Waals surface area contributed by atoms with Gasteiger partial charge in [0.1, 0.15) is 5.75 Å². The monoisotopic (exact) mass is 559 g/mol. The number of aromatic nitrogens is 2. The van der Waals surface area contributed by atoms with E-state index in [1.807, 2.05) is 54.9 Å². The number of amides is 1. The van der Waals surface area contributed by atoms with Gasteiger partial charge in [-0.2, -0.15) is 0 Å². The molecule has 1 saturated heterocycles. The molecule has 2 aromatic heterocycles. The van der Waals surface area contributed by atoms with E-state index in [9.17, 15) is 4.79 Å². The number of hydrogen-bond acceptors (Lipinski definition) is 6. The molecule has 0 saturated carbocycles. The second-order valence-electron chi connectivity index (χ2n) is 10.6. The van der Waals surface area contributed by atoms with Crippen molar-refractivity contribution in [1.29, 1.82) is 0 Å². The highest BCUT2D eigenvalue weighted by Gasteiger charge is 2.21. The molecule has 4 heterocycles. The van der Waals surface area contributed by atoms with E-state index < -0.39 is 0 Å². The van der Waals surface area contributed by atoms with Gasteiger partial charge in [-0.3, -0.25) is 9.78 Å². The van der Waals surface area contributed by atoms with Gasteiger partial charge in [0.05, 0.1) is 54.2 Å². The van der Waals surface area contributed by atoms with Crippen LogP contribution in [0.5, 0.6) is 5.75 Å². The lowest BCUT2D eigenvalue weighted by molar-refractivity contribution is 0.102. The zero-order valence-corrected chi connectivity index (χ0v) is 23.6. The van der Waals surface area contributed by atoms with Crippen LogP contribution in [-0.4, -0.2) is 48.4 Å². The average molecular weight is 560 g/mol. The first-order valence-corrected chi connectivity index (χ1v) is 14.5. The number of hydrogen-bond donors (Lipinski definition) is 2. The van der Waals surface area contributed by atoms with Crippen LogP contribution in [0.2, 0.25) is 0 Å². The van der Waals surface area contributed by atoms with Crippen LogP contribution in [0.25, 0.3) is 22.0 Å². The third kappa shape index (κ3) is 5.05. The van der Waals surface area contributed by atoms with Crippen molar-refractivity contribution < 1.29 is 14.3 Å². The Morgan fingerprint density at radius 1 is 0.905 bits per heavy atom. The molecule has 1 amide bonds. The molecule has 7 rings (SSSR count). The zero-order chi connectivity index (χ0) is 28.5. The molecule has 5 aromatic rings. The van der Waals surface area contributed by atoms with E-state index >= 15 is 0 Å². The van der Waals surface area contributed by atoms with Gasteiger partial charge in [-0.1, -0.05) is 12.1 Å². The van der Waals surface area contributed by atoms with E-state index in [0.717, 1.165) is 89.7 Å². The Kier molecular flexibility index (Phi) is 6.97. The van der Waals surface area contributed by atoms with Gasteiger partial charge in [0.25, 0.3) is 5.91 Å². The van der Waals surface area contributed by atoms with Crippen molar-refractivity contribution in [3.8, 4) is 16.9 Å². The van der Waals surface area contributed by atoms with E-state index in [2.05, 4.69) is 62.5 Å². The van der Waals surface area contributed by atoms with Crippen molar-refractivity contribution in [2.75, 3.05) is 48.4 Å². The van der Waals surface area contributed by atoms with Crippen molar-refractivity contribution in [1.82, 2.24) is 9.55 Å². The number of fused-ring (bicyclic) bond motifs is 3. The Balaban J connectivity index is 1.05. The molecule has 0 radical (unpaired) electrons. The number of aryl methyl sites for hydroxylation is 1. The Hall–Kier alpha value is -4.82. The minimum Gasteiger partial charge on any atom is -0.493 e. The minimum absolute atomic E-state index is 0.128. The predicted octanol–water partition coefficient (Wildman–Crippen LogP) is 6.49. The number of benzene rings is 3. The van der Waals surface area contributed by atoms with Gasteiger partial charge >= 0.3 is 0 Å². The highest BCUT2D eigenvalue weighted by molar-refractivity contribution is 6.13. The number of carbonyl (C=O) groups is 1. The SMILES string of the molecule is CCn1cc(-c2ccc3c(c2)Nc2ccc(CCOc4ccc(N5CCOCC5)cc4)cc2NC3=O)c2ccncc21. The van der Waals surface area contributed by atoms with Crippen LogP contribution < -0.4 is 20.3 Å². The first-order valence-electron chi connectivity index (χ1n) is 14.5. The number of rotatable bonds is 7. The molecule has 8 heteroatoms. The Bertz CT molecular complexity index is 1760. The summed E-state index contributed by atoms with van der Waals surface area (Å²) in [6.07, 6.45) is 6.61. The number of carbonyl (C=O) groups excluding carboxylic acids is 1. The van der Waals surface area contributed by atoms with Gasteiger partial charge in [-0.05, 0) is 72.6 Å². The molecule has 0 spiro atoms. The number of pyridine rings is 1. The summed E-state index contributed by atoms with van der Waals surface area (Å²) in [6.45, 7) is 6.89. The fourth-order valence-electron chi connectivity index (χ4n) is 5.80. The maximum atomic E-state index is 13.2. The lowest BCUT2D eigenvalue weighted by Crippen LogP contribution is -2.36. The third-order valence-electron chi connectivity index (χ3n) is 8.07. The van der Waals surface area contributed by atoms with Crippen LogP contribution in [0.15, 0.2) is 85.3 Å². The summed E-state index contributed by atoms with van der Waals surface area (Å²) in [6, 6.07) is 22.4. The van der Waals surface area contributed by atoms with Crippen molar-refractivity contribution in [2.45, 2.75) is 19.9 Å². The molecular formula is C34H33N5O3. The number of nitrogens with zero attached hydrogens (tertiary/aromatic N) is 3. The van der Waals surface area contributed by atoms with Gasteiger partial charge in [-0.25, -0.2) is 0 Å². The lowest BCUT2D eigenvalue weighted by atomic mass is 10.0. The van der Waals surface area contributed by atoms with Gasteiger partial charge in [0, 0.05) is 55.1 Å². The topological polar surface area (TPSA) is 80.6 Å². The molecule has 0 atom stereocenters. The molecule has 42 heavy (non-hydrogen) atoms. The fraction of sp³-hybridized carbons (Fsp3) is 0.235. The summed E-state index contributed by atoms with van der Waals surface area (Å²) in [5.74, 6) is 0.720. The van der Waals surface area contributed by atoms with Crippen molar-refractivity contribution in [3.05, 3.63) is 96.4 Å². The molecule has 8 nitrogen and oxygen atoms in total. The highest BCUT2D eigenvalue weighted by Crippen LogP contribution is 2.37. The summed E-state index contributed by atoms with van der Waals surface area (Å²) >= 11 is 0. The molecule has 0 aliphatic carbocycles. The Labute approximate surface area is 244 Å². The van der Waals surface area contributed by atoms with Crippen LogP contribution in [0.4, 0.5) is 22.7 Å². The largest absolute Gasteiger partial charge is 0.493 e. The minimum atomic E-state index is -0.128. The Morgan fingerprint density at radius 3 is 2.60 bits per heavy atom. The van der Waals surface area contributed by atoms with E-state index in [1.54, 1.807) is 0 Å². The number of ether oxygens (including phenoxy) is 2. The highest BCUT2D eigenvalue weighted by atomic mass is 16.5. The van der Waals surface area contributed by atoms with Crippen LogP contribution in [-0.2, 0) is 17.7 Å². The molecular weight excluding hydrogens is 526 g/mol. The van der Waals surface area contributed by atoms with Crippen molar-refractivity contribution in [3.63, 3.8) is 0 Å². The summed E-state index contributed by atoms with van der Waals surface area (Å²) in [5.41, 5.74) is 8.57. The van der Waals surface area contributed by atoms with E-state index in [-0.39, 0.29) is 5.91 Å². The summed E-state index contributed by atoms with van der Waals surface area (Å²) in [4.78, 5) is 19.9. The number of morpholine rings is 1. The predicted molar refractivity (Wildman–Crippen MR) is 167 cm³/mol. The normalized spacial score (nSPS) is 14.5. The van der Waals surface area contributed by atoms with Gasteiger partial charge < -0.3 is 29.6 Å². The summed E-state index contributed by atoms with van der Waals surface area (Å²) in [5, 5.41) is 7.75. The molecule has 2 aliphatic rings. The molecule has 0 bridgehead atoms. The lowest BCUT2D eigenvalue weighted by Gasteiger charge is -2.28. The van der Waals surface area contributed by atoms with E-state index in [4.69, 9.17) is 9.47 Å². The van der Waals surface area contributed by atoms with E-state index in [1.165, 1.54) is 5.69 Å². The summed E-state index contributed by atoms with van der Waals surface area (Å²) < 4.78 is 13.7. The zero-order valence-electron chi connectivity index (χ0n) is 23.6. The van der Waals surface area contributed by atoms with Crippen LogP contribution >= 0.6 is 0 Å². The third-order valence-corrected chi connectivity index (χ3v) is 8.07. The fourth-order valence-corrected chi connectivity index (χ4v) is 5.80. The van der Waals surface area contributed by atoms with Crippen molar-refractivity contribution >= 4 is 39.6 Å². The van der Waals surface area contributed by atoms with E-state index in [0.29, 0.717) is 12.2 Å². The number of nitrogens with one attached hydrogen (secondary N) is 2. The van der Waals surface area contributed by atoms with Crippen LogP contribution in [0, 0.1) is 0 Å². The summed E-state index contributed by atoms with van der Waals surface area (Å²) in [7, 11) is 0. The van der Waals surface area contributed by atoms with Crippen LogP contribution in [0.3, 0.4) is 0 Å². The van der Waals surface area contributed by atoms with Gasteiger partial charge in [0.15, 0.2) is 0 Å². The molecule has 2 N–H and O–H groups in total. The number of anilines is 4.